The van der Waals surface area contributed by atoms with E-state index in [1.54, 1.807) is 6.92 Å². The molecule has 1 atom stereocenters. The second-order valence-corrected chi connectivity index (χ2v) is 8.09. The molecule has 5 nitrogen and oxygen atoms in total. The van der Waals surface area contributed by atoms with Gasteiger partial charge >= 0.3 is 0 Å². The highest BCUT2D eigenvalue weighted by atomic mass is 16.5. The number of carbonyl (C=O) groups is 1. The van der Waals surface area contributed by atoms with Crippen molar-refractivity contribution in [2.75, 3.05) is 25.5 Å². The van der Waals surface area contributed by atoms with Crippen LogP contribution in [0.5, 0.6) is 11.5 Å². The molecule has 0 spiro atoms. The van der Waals surface area contributed by atoms with Crippen LogP contribution < -0.4 is 14.8 Å². The van der Waals surface area contributed by atoms with Gasteiger partial charge in [0.25, 0.3) is 5.91 Å². The number of amides is 1. The molecule has 2 aromatic rings. The summed E-state index contributed by atoms with van der Waals surface area (Å²) in [5.74, 6) is 1.76. The Morgan fingerprint density at radius 3 is 2.34 bits per heavy atom. The van der Waals surface area contributed by atoms with E-state index in [1.807, 2.05) is 48.5 Å². The van der Waals surface area contributed by atoms with Crippen LogP contribution >= 0.6 is 0 Å². The lowest BCUT2D eigenvalue weighted by atomic mass is 10.0. The lowest BCUT2D eigenvalue weighted by Gasteiger charge is -2.29. The molecule has 29 heavy (non-hydrogen) atoms. The monoisotopic (exact) mass is 396 g/mol. The van der Waals surface area contributed by atoms with Crippen LogP contribution in [-0.4, -0.2) is 43.2 Å². The van der Waals surface area contributed by atoms with Crippen LogP contribution in [0.15, 0.2) is 48.5 Å². The van der Waals surface area contributed by atoms with Gasteiger partial charge in [-0.1, -0.05) is 32.0 Å². The van der Waals surface area contributed by atoms with Gasteiger partial charge in [0.1, 0.15) is 17.6 Å². The molecule has 1 saturated heterocycles. The van der Waals surface area contributed by atoms with Crippen LogP contribution in [0.25, 0.3) is 0 Å². The van der Waals surface area contributed by atoms with E-state index in [1.165, 1.54) is 0 Å². The zero-order valence-corrected chi connectivity index (χ0v) is 17.9. The summed E-state index contributed by atoms with van der Waals surface area (Å²) in [4.78, 5) is 14.9. The Balaban J connectivity index is 1.53. The maximum atomic E-state index is 12.6. The number of hydrogen-bond acceptors (Lipinski definition) is 4. The summed E-state index contributed by atoms with van der Waals surface area (Å²) in [5.41, 5.74) is 1.83. The van der Waals surface area contributed by atoms with Crippen molar-refractivity contribution in [2.24, 2.45) is 0 Å². The number of carbonyl (C=O) groups excluding carboxylic acids is 1. The van der Waals surface area contributed by atoms with Gasteiger partial charge < -0.3 is 19.7 Å². The van der Waals surface area contributed by atoms with Crippen molar-refractivity contribution in [3.63, 3.8) is 0 Å². The summed E-state index contributed by atoms with van der Waals surface area (Å²) in [6, 6.07) is 15.4. The van der Waals surface area contributed by atoms with Gasteiger partial charge in [0, 0.05) is 18.8 Å². The molecule has 156 valence electrons. The van der Waals surface area contributed by atoms with E-state index in [4.69, 9.17) is 9.47 Å². The van der Waals surface area contributed by atoms with Gasteiger partial charge in [0.15, 0.2) is 6.10 Å². The van der Waals surface area contributed by atoms with E-state index in [0.29, 0.717) is 5.92 Å². The van der Waals surface area contributed by atoms with E-state index in [2.05, 4.69) is 31.1 Å². The van der Waals surface area contributed by atoms with Gasteiger partial charge in [-0.05, 0) is 68.6 Å². The molecule has 1 aliphatic rings. The molecule has 1 amide bonds. The van der Waals surface area contributed by atoms with Crippen LogP contribution in [0, 0.1) is 0 Å². The van der Waals surface area contributed by atoms with Crippen molar-refractivity contribution in [3.8, 4) is 11.5 Å². The summed E-state index contributed by atoms with van der Waals surface area (Å²) < 4.78 is 12.0. The Labute approximate surface area is 174 Å². The number of nitrogens with one attached hydrogen (secondary N) is 1. The predicted molar refractivity (Wildman–Crippen MR) is 117 cm³/mol. The number of rotatable bonds is 7. The molecule has 1 heterocycles. The van der Waals surface area contributed by atoms with Crippen molar-refractivity contribution in [3.05, 3.63) is 54.1 Å². The number of piperidine rings is 1. The van der Waals surface area contributed by atoms with E-state index < -0.39 is 6.10 Å². The average Bonchev–Trinajstić information content (AvgIpc) is 2.71. The van der Waals surface area contributed by atoms with Gasteiger partial charge in [-0.3, -0.25) is 4.79 Å². The van der Waals surface area contributed by atoms with E-state index in [-0.39, 0.29) is 12.0 Å². The second-order valence-electron chi connectivity index (χ2n) is 8.09. The van der Waals surface area contributed by atoms with Crippen molar-refractivity contribution in [1.29, 1.82) is 0 Å². The van der Waals surface area contributed by atoms with Crippen LogP contribution in [0.2, 0.25) is 0 Å². The fourth-order valence-electron chi connectivity index (χ4n) is 3.46. The maximum Gasteiger partial charge on any atom is 0.265 e. The maximum absolute atomic E-state index is 12.6. The molecule has 0 bridgehead atoms. The van der Waals surface area contributed by atoms with Crippen LogP contribution in [0.1, 0.15) is 45.1 Å². The lowest BCUT2D eigenvalue weighted by molar-refractivity contribution is -0.122. The first-order chi connectivity index (χ1) is 13.9. The first-order valence-corrected chi connectivity index (χ1v) is 10.4. The quantitative estimate of drug-likeness (QED) is 0.738. The minimum Gasteiger partial charge on any atom is -0.490 e. The molecular weight excluding hydrogens is 364 g/mol. The number of para-hydroxylation sites is 1. The van der Waals surface area contributed by atoms with Gasteiger partial charge in [-0.2, -0.15) is 0 Å². The Morgan fingerprint density at radius 2 is 1.69 bits per heavy atom. The third-order valence-electron chi connectivity index (χ3n) is 5.30. The fourth-order valence-corrected chi connectivity index (χ4v) is 3.46. The van der Waals surface area contributed by atoms with Crippen LogP contribution in [0.3, 0.4) is 0 Å². The first kappa shape index (κ1) is 21.2. The fraction of sp³-hybridized carbons (Fsp3) is 0.458. The summed E-state index contributed by atoms with van der Waals surface area (Å²) in [5, 5.41) is 2.92. The normalized spacial score (nSPS) is 16.4. The summed E-state index contributed by atoms with van der Waals surface area (Å²) in [6.45, 7) is 8.13. The highest BCUT2D eigenvalue weighted by molar-refractivity contribution is 5.94. The van der Waals surface area contributed by atoms with Gasteiger partial charge in [-0.15, -0.1) is 0 Å². The topological polar surface area (TPSA) is 50.8 Å². The molecule has 5 heteroatoms. The molecule has 0 unspecified atom stereocenters. The highest BCUT2D eigenvalue weighted by Gasteiger charge is 2.19. The molecule has 1 aliphatic heterocycles. The SMILES string of the molecule is CC(C)c1ccccc1O[C@H](C)C(=O)Nc1ccc(OC2CCN(C)CC2)cc1. The Kier molecular flexibility index (Phi) is 7.15. The number of nitrogens with zero attached hydrogens (tertiary/aromatic N) is 1. The summed E-state index contributed by atoms with van der Waals surface area (Å²) >= 11 is 0. The Hall–Kier alpha value is -2.53. The Morgan fingerprint density at radius 1 is 1.03 bits per heavy atom. The lowest BCUT2D eigenvalue weighted by Crippen LogP contribution is -2.35. The van der Waals surface area contributed by atoms with Gasteiger partial charge in [-0.25, -0.2) is 0 Å². The molecule has 0 aliphatic carbocycles. The van der Waals surface area contributed by atoms with E-state index in [0.717, 1.165) is 48.7 Å². The Bertz CT molecular complexity index is 796. The van der Waals surface area contributed by atoms with Crippen LogP contribution in [0.4, 0.5) is 5.69 Å². The third-order valence-corrected chi connectivity index (χ3v) is 5.30. The molecule has 1 fully saturated rings. The predicted octanol–water partition coefficient (Wildman–Crippen LogP) is 4.69. The molecule has 1 N–H and O–H groups in total. The van der Waals surface area contributed by atoms with Crippen LogP contribution in [-0.2, 0) is 4.79 Å². The molecule has 0 aromatic heterocycles. The van der Waals surface area contributed by atoms with Crippen molar-refractivity contribution in [1.82, 2.24) is 4.90 Å². The number of hydrogen-bond donors (Lipinski definition) is 1. The molecule has 0 radical (unpaired) electrons. The van der Waals surface area contributed by atoms with Crippen molar-refractivity contribution in [2.45, 2.75) is 51.7 Å². The summed E-state index contributed by atoms with van der Waals surface area (Å²) in [7, 11) is 2.14. The van der Waals surface area contributed by atoms with Gasteiger partial charge in [0.2, 0.25) is 0 Å². The molecule has 2 aromatic carbocycles. The molecule has 0 saturated carbocycles. The zero-order valence-electron chi connectivity index (χ0n) is 17.9. The van der Waals surface area contributed by atoms with Crippen molar-refractivity contribution < 1.29 is 14.3 Å². The number of ether oxygens (including phenoxy) is 2. The number of likely N-dealkylation sites (tertiary alicyclic amines) is 1. The standard InChI is InChI=1S/C24H32N2O3/c1-17(2)22-7-5-6-8-23(22)28-18(3)24(27)25-19-9-11-20(12-10-19)29-21-13-15-26(4)16-14-21/h5-12,17-18,21H,13-16H2,1-4H3,(H,25,27)/t18-/m1/s1. The van der Waals surface area contributed by atoms with Gasteiger partial charge in [0.05, 0.1) is 0 Å². The molecular formula is C24H32N2O3. The minimum absolute atomic E-state index is 0.174. The average molecular weight is 397 g/mol. The summed E-state index contributed by atoms with van der Waals surface area (Å²) in [6.07, 6.45) is 1.76. The first-order valence-electron chi connectivity index (χ1n) is 10.4. The van der Waals surface area contributed by atoms with Crippen molar-refractivity contribution >= 4 is 11.6 Å². The number of anilines is 1. The van der Waals surface area contributed by atoms with E-state index >= 15 is 0 Å². The minimum atomic E-state index is -0.593. The third kappa shape index (κ3) is 5.97. The largest absolute Gasteiger partial charge is 0.490 e. The smallest absolute Gasteiger partial charge is 0.265 e. The number of benzene rings is 2. The molecule has 3 rings (SSSR count). The van der Waals surface area contributed by atoms with E-state index in [9.17, 15) is 4.79 Å². The zero-order chi connectivity index (χ0) is 20.8. The second kappa shape index (κ2) is 9.79. The highest BCUT2D eigenvalue weighted by Crippen LogP contribution is 2.27.